The lowest BCUT2D eigenvalue weighted by molar-refractivity contribution is 0.301. The number of benzene rings is 1. The Balaban J connectivity index is 2.27. The zero-order valence-corrected chi connectivity index (χ0v) is 12.6. The molecule has 1 fully saturated rings. The molecule has 1 saturated heterocycles. The fourth-order valence-corrected chi connectivity index (χ4v) is 3.12. The van der Waals surface area contributed by atoms with E-state index in [0.29, 0.717) is 15.6 Å². The number of hydrogen-bond donors (Lipinski definition) is 1. The summed E-state index contributed by atoms with van der Waals surface area (Å²) in [6.07, 6.45) is 3.55. The number of hydrogen-bond acceptors (Lipinski definition) is 2. The maximum Gasteiger partial charge on any atom is 0.139 e. The Bertz CT molecular complexity index is 444. The molecule has 0 aromatic heterocycles. The van der Waals surface area contributed by atoms with Gasteiger partial charge >= 0.3 is 0 Å². The third-order valence-corrected chi connectivity index (χ3v) is 4.96. The van der Waals surface area contributed by atoms with Crippen molar-refractivity contribution in [3.63, 3.8) is 0 Å². The predicted molar refractivity (Wildman–Crippen MR) is 78.4 cm³/mol. The van der Waals surface area contributed by atoms with Crippen LogP contribution in [-0.2, 0) is 0 Å². The van der Waals surface area contributed by atoms with Crippen LogP contribution >= 0.6 is 15.9 Å². The van der Waals surface area contributed by atoms with Crippen molar-refractivity contribution in [2.24, 2.45) is 5.41 Å². The van der Waals surface area contributed by atoms with Crippen LogP contribution in [-0.4, -0.2) is 13.1 Å². The fourth-order valence-electron chi connectivity index (χ4n) is 2.79. The van der Waals surface area contributed by atoms with E-state index in [1.54, 1.807) is 6.07 Å². The van der Waals surface area contributed by atoms with Crippen LogP contribution in [0.25, 0.3) is 0 Å². The van der Waals surface area contributed by atoms with Crippen molar-refractivity contribution < 1.29 is 4.39 Å². The smallest absolute Gasteiger partial charge is 0.139 e. The third-order valence-electron chi connectivity index (χ3n) is 4.35. The molecule has 0 unspecified atom stereocenters. The molecule has 0 spiro atoms. The summed E-state index contributed by atoms with van der Waals surface area (Å²) in [6, 6.07) is 3.20. The molecule has 1 aliphatic heterocycles. The Morgan fingerprint density at radius 2 is 2.06 bits per heavy atom. The van der Waals surface area contributed by atoms with E-state index in [-0.39, 0.29) is 5.82 Å². The predicted octanol–water partition coefficient (Wildman–Crippen LogP) is 4.19. The average Bonchev–Trinajstić information content (AvgIpc) is 2.79. The van der Waals surface area contributed by atoms with Crippen LogP contribution in [0.1, 0.15) is 33.1 Å². The van der Waals surface area contributed by atoms with Gasteiger partial charge in [-0.2, -0.15) is 0 Å². The topological polar surface area (TPSA) is 29.3 Å². The van der Waals surface area contributed by atoms with Crippen molar-refractivity contribution in [2.75, 3.05) is 23.7 Å². The van der Waals surface area contributed by atoms with Crippen LogP contribution < -0.4 is 10.6 Å². The lowest BCUT2D eigenvalue weighted by Crippen LogP contribution is -2.26. The molecule has 18 heavy (non-hydrogen) atoms. The van der Waals surface area contributed by atoms with Gasteiger partial charge in [0.25, 0.3) is 0 Å². The second kappa shape index (κ2) is 5.08. The Kier molecular flexibility index (Phi) is 3.85. The van der Waals surface area contributed by atoms with Crippen LogP contribution in [0.15, 0.2) is 16.6 Å². The summed E-state index contributed by atoms with van der Waals surface area (Å²) >= 11 is 3.23. The lowest BCUT2D eigenvalue weighted by atomic mass is 9.82. The first-order valence-corrected chi connectivity index (χ1v) is 7.30. The van der Waals surface area contributed by atoms with E-state index in [2.05, 4.69) is 34.7 Å². The van der Waals surface area contributed by atoms with E-state index in [0.717, 1.165) is 18.8 Å². The zero-order valence-electron chi connectivity index (χ0n) is 11.0. The highest BCUT2D eigenvalue weighted by molar-refractivity contribution is 9.10. The van der Waals surface area contributed by atoms with Crippen molar-refractivity contribution in [1.29, 1.82) is 0 Å². The van der Waals surface area contributed by atoms with Gasteiger partial charge in [-0.25, -0.2) is 4.39 Å². The SMILES string of the molecule is CCC1(CC)CCN(c2cc(Br)c(F)cc2N)C1. The van der Waals surface area contributed by atoms with Gasteiger partial charge in [-0.1, -0.05) is 13.8 Å². The van der Waals surface area contributed by atoms with E-state index in [1.807, 2.05) is 0 Å². The van der Waals surface area contributed by atoms with E-state index in [4.69, 9.17) is 5.73 Å². The maximum absolute atomic E-state index is 13.4. The number of anilines is 2. The van der Waals surface area contributed by atoms with Gasteiger partial charge in [-0.15, -0.1) is 0 Å². The molecule has 2 nitrogen and oxygen atoms in total. The van der Waals surface area contributed by atoms with Crippen LogP contribution in [0.4, 0.5) is 15.8 Å². The van der Waals surface area contributed by atoms with Crippen molar-refractivity contribution in [3.8, 4) is 0 Å². The van der Waals surface area contributed by atoms with Crippen molar-refractivity contribution >= 4 is 27.3 Å². The first-order chi connectivity index (χ1) is 8.51. The van der Waals surface area contributed by atoms with Crippen LogP contribution in [0.3, 0.4) is 0 Å². The van der Waals surface area contributed by atoms with Crippen LogP contribution in [0, 0.1) is 11.2 Å². The van der Waals surface area contributed by atoms with Gasteiger partial charge in [0.15, 0.2) is 0 Å². The largest absolute Gasteiger partial charge is 0.397 e. The zero-order chi connectivity index (χ0) is 13.3. The van der Waals surface area contributed by atoms with Gasteiger partial charge in [0, 0.05) is 19.2 Å². The van der Waals surface area contributed by atoms with Crippen molar-refractivity contribution in [2.45, 2.75) is 33.1 Å². The molecule has 0 amide bonds. The van der Waals surface area contributed by atoms with Gasteiger partial charge < -0.3 is 10.6 Å². The van der Waals surface area contributed by atoms with E-state index >= 15 is 0 Å². The molecule has 2 N–H and O–H groups in total. The third kappa shape index (κ3) is 2.35. The number of nitrogens with zero attached hydrogens (tertiary/aromatic N) is 1. The summed E-state index contributed by atoms with van der Waals surface area (Å²) in [6.45, 7) is 6.51. The molecule has 4 heteroatoms. The van der Waals surface area contributed by atoms with Crippen LogP contribution in [0.2, 0.25) is 0 Å². The molecular weight excluding hydrogens is 295 g/mol. The summed E-state index contributed by atoms with van der Waals surface area (Å²) in [5.41, 5.74) is 7.81. The van der Waals surface area contributed by atoms with Crippen LogP contribution in [0.5, 0.6) is 0 Å². The van der Waals surface area contributed by atoms with Gasteiger partial charge in [0.05, 0.1) is 15.8 Å². The summed E-state index contributed by atoms with van der Waals surface area (Å²) in [5.74, 6) is -0.298. The summed E-state index contributed by atoms with van der Waals surface area (Å²) < 4.78 is 13.9. The molecule has 100 valence electrons. The number of halogens is 2. The Labute approximate surface area is 116 Å². The minimum absolute atomic E-state index is 0.298. The molecule has 1 aromatic carbocycles. The maximum atomic E-state index is 13.4. The van der Waals surface area contributed by atoms with E-state index in [1.165, 1.54) is 25.3 Å². The fraction of sp³-hybridized carbons (Fsp3) is 0.571. The van der Waals surface area contributed by atoms with E-state index in [9.17, 15) is 4.39 Å². The first-order valence-electron chi connectivity index (χ1n) is 6.51. The molecule has 2 rings (SSSR count). The second-order valence-corrected chi connectivity index (χ2v) is 6.06. The summed E-state index contributed by atoms with van der Waals surface area (Å²) in [5, 5.41) is 0. The minimum Gasteiger partial charge on any atom is -0.397 e. The quantitative estimate of drug-likeness (QED) is 0.848. The number of rotatable bonds is 3. The van der Waals surface area contributed by atoms with E-state index < -0.39 is 0 Å². The first kappa shape index (κ1) is 13.7. The monoisotopic (exact) mass is 314 g/mol. The molecule has 1 heterocycles. The van der Waals surface area contributed by atoms with Crippen molar-refractivity contribution in [3.05, 3.63) is 22.4 Å². The molecule has 0 atom stereocenters. The standard InChI is InChI=1S/C14H20BrFN2/c1-3-14(4-2)5-6-18(9-14)13-7-10(15)11(16)8-12(13)17/h7-8H,3-6,9,17H2,1-2H3. The molecule has 1 aromatic rings. The average molecular weight is 315 g/mol. The Hall–Kier alpha value is -0.770. The summed E-state index contributed by atoms with van der Waals surface area (Å²) in [7, 11) is 0. The highest BCUT2D eigenvalue weighted by Crippen LogP contribution is 2.41. The molecule has 0 bridgehead atoms. The normalized spacial score (nSPS) is 18.3. The Morgan fingerprint density at radius 1 is 1.39 bits per heavy atom. The molecule has 0 radical (unpaired) electrons. The van der Waals surface area contributed by atoms with Gasteiger partial charge in [-0.05, 0) is 46.7 Å². The lowest BCUT2D eigenvalue weighted by Gasteiger charge is -2.28. The van der Waals surface area contributed by atoms with Gasteiger partial charge in [0.1, 0.15) is 5.82 Å². The molecule has 0 aliphatic carbocycles. The summed E-state index contributed by atoms with van der Waals surface area (Å²) in [4.78, 5) is 2.28. The minimum atomic E-state index is -0.298. The molecular formula is C14H20BrFN2. The molecule has 0 saturated carbocycles. The second-order valence-electron chi connectivity index (χ2n) is 5.20. The molecule has 1 aliphatic rings. The number of nitrogens with two attached hydrogens (primary N) is 1. The highest BCUT2D eigenvalue weighted by Gasteiger charge is 2.35. The Morgan fingerprint density at radius 3 is 2.61 bits per heavy atom. The highest BCUT2D eigenvalue weighted by atomic mass is 79.9. The van der Waals surface area contributed by atoms with Gasteiger partial charge in [-0.3, -0.25) is 0 Å². The number of nitrogen functional groups attached to an aromatic ring is 1. The van der Waals surface area contributed by atoms with Gasteiger partial charge in [0.2, 0.25) is 0 Å². The van der Waals surface area contributed by atoms with Crippen molar-refractivity contribution in [1.82, 2.24) is 0 Å².